The second kappa shape index (κ2) is 8.18. The molecular formula is C20H20N2O4S. The van der Waals surface area contributed by atoms with E-state index in [0.717, 1.165) is 16.8 Å². The van der Waals surface area contributed by atoms with E-state index in [-0.39, 0.29) is 5.91 Å². The molecule has 7 heteroatoms. The maximum Gasteiger partial charge on any atom is 0.264 e. The molecular weight excluding hydrogens is 364 g/mol. The highest BCUT2D eigenvalue weighted by atomic mass is 32.2. The zero-order chi connectivity index (χ0) is 19.4. The Hall–Kier alpha value is -2.93. The van der Waals surface area contributed by atoms with Gasteiger partial charge in [-0.2, -0.15) is 0 Å². The molecule has 3 rings (SSSR count). The van der Waals surface area contributed by atoms with Crippen LogP contribution < -0.4 is 19.5 Å². The van der Waals surface area contributed by atoms with E-state index in [1.807, 2.05) is 31.2 Å². The van der Waals surface area contributed by atoms with Crippen LogP contribution in [0, 0.1) is 6.92 Å². The predicted octanol–water partition coefficient (Wildman–Crippen LogP) is 3.91. The second-order valence-electron chi connectivity index (χ2n) is 5.78. The zero-order valence-corrected chi connectivity index (χ0v) is 16.3. The van der Waals surface area contributed by atoms with Gasteiger partial charge in [0.05, 0.1) is 31.9 Å². The Morgan fingerprint density at radius 3 is 2.33 bits per heavy atom. The topological polar surface area (TPSA) is 69.2 Å². The molecule has 0 saturated carbocycles. The van der Waals surface area contributed by atoms with Crippen molar-refractivity contribution in [3.63, 3.8) is 0 Å². The number of carbonyl (C=O) groups excluding carboxylic acids is 1. The maximum absolute atomic E-state index is 12.3. The molecule has 27 heavy (non-hydrogen) atoms. The van der Waals surface area contributed by atoms with E-state index >= 15 is 0 Å². The summed E-state index contributed by atoms with van der Waals surface area (Å²) in [4.78, 5) is 17.3. The Labute approximate surface area is 162 Å². The third kappa shape index (κ3) is 4.25. The van der Waals surface area contributed by atoms with Gasteiger partial charge in [-0.05, 0) is 60.2 Å². The Morgan fingerprint density at radius 2 is 1.74 bits per heavy atom. The number of carbonyl (C=O) groups is 1. The molecule has 0 aliphatic carbocycles. The number of ether oxygens (including phenoxy) is 3. The standard InChI is InChI=1S/C20H20N2O4S/c1-12-6-5-7-14(8-12)21-20-22-19(23)17(27-20)11-13-9-15(24-2)18(26-4)16(10-13)25-3/h5-11H,1-4H3,(H,21,22,23)/b17-11-. The van der Waals surface area contributed by atoms with Gasteiger partial charge in [-0.1, -0.05) is 12.1 Å². The molecule has 1 amide bonds. The van der Waals surface area contributed by atoms with Crippen molar-refractivity contribution in [2.75, 3.05) is 21.3 Å². The van der Waals surface area contributed by atoms with Gasteiger partial charge < -0.3 is 19.5 Å². The van der Waals surface area contributed by atoms with Gasteiger partial charge in [0.25, 0.3) is 5.91 Å². The van der Waals surface area contributed by atoms with E-state index < -0.39 is 0 Å². The van der Waals surface area contributed by atoms with Crippen LogP contribution in [0.3, 0.4) is 0 Å². The molecule has 0 atom stereocenters. The minimum atomic E-state index is -0.194. The summed E-state index contributed by atoms with van der Waals surface area (Å²) in [6.07, 6.45) is 1.77. The number of thioether (sulfide) groups is 1. The number of rotatable bonds is 5. The average Bonchev–Trinajstić information content (AvgIpc) is 2.99. The molecule has 1 heterocycles. The molecule has 1 fully saturated rings. The van der Waals surface area contributed by atoms with E-state index in [0.29, 0.717) is 27.3 Å². The van der Waals surface area contributed by atoms with Crippen LogP contribution in [0.5, 0.6) is 17.2 Å². The Balaban J connectivity index is 1.90. The summed E-state index contributed by atoms with van der Waals surface area (Å²) < 4.78 is 16.0. The number of benzene rings is 2. The van der Waals surface area contributed by atoms with E-state index in [9.17, 15) is 4.79 Å². The Kier molecular flexibility index (Phi) is 5.71. The summed E-state index contributed by atoms with van der Waals surface area (Å²) in [5, 5.41) is 3.34. The van der Waals surface area contributed by atoms with Crippen molar-refractivity contribution in [3.05, 3.63) is 52.4 Å². The van der Waals surface area contributed by atoms with Crippen LogP contribution in [0.15, 0.2) is 46.3 Å². The predicted molar refractivity (Wildman–Crippen MR) is 108 cm³/mol. The minimum absolute atomic E-state index is 0.194. The lowest BCUT2D eigenvalue weighted by atomic mass is 10.1. The van der Waals surface area contributed by atoms with Gasteiger partial charge in [-0.3, -0.25) is 4.79 Å². The van der Waals surface area contributed by atoms with Crippen molar-refractivity contribution >= 4 is 34.6 Å². The highest BCUT2D eigenvalue weighted by molar-refractivity contribution is 8.18. The Morgan fingerprint density at radius 1 is 1.04 bits per heavy atom. The summed E-state index contributed by atoms with van der Waals surface area (Å²) in [6.45, 7) is 2.00. The first kappa shape index (κ1) is 18.8. The maximum atomic E-state index is 12.3. The van der Waals surface area contributed by atoms with Gasteiger partial charge in [0.2, 0.25) is 5.75 Å². The number of methoxy groups -OCH3 is 3. The van der Waals surface area contributed by atoms with Gasteiger partial charge in [0, 0.05) is 0 Å². The minimum Gasteiger partial charge on any atom is -0.493 e. The van der Waals surface area contributed by atoms with Crippen molar-refractivity contribution in [1.29, 1.82) is 0 Å². The number of aryl methyl sites for hydroxylation is 1. The van der Waals surface area contributed by atoms with Crippen LogP contribution in [0.25, 0.3) is 6.08 Å². The molecule has 1 aliphatic rings. The number of nitrogens with zero attached hydrogens (tertiary/aromatic N) is 1. The summed E-state index contributed by atoms with van der Waals surface area (Å²) in [7, 11) is 4.66. The fourth-order valence-electron chi connectivity index (χ4n) is 2.63. The molecule has 0 spiro atoms. The lowest BCUT2D eigenvalue weighted by Crippen LogP contribution is -2.19. The van der Waals surface area contributed by atoms with Crippen molar-refractivity contribution in [1.82, 2.24) is 5.32 Å². The molecule has 1 aliphatic heterocycles. The van der Waals surface area contributed by atoms with Gasteiger partial charge in [0.1, 0.15) is 0 Å². The van der Waals surface area contributed by atoms with Crippen molar-refractivity contribution < 1.29 is 19.0 Å². The van der Waals surface area contributed by atoms with Crippen LogP contribution in [0.2, 0.25) is 0 Å². The molecule has 6 nitrogen and oxygen atoms in total. The number of nitrogens with one attached hydrogen (secondary N) is 1. The van der Waals surface area contributed by atoms with Gasteiger partial charge in [0.15, 0.2) is 16.7 Å². The number of hydrogen-bond donors (Lipinski definition) is 1. The lowest BCUT2D eigenvalue weighted by Gasteiger charge is -2.12. The molecule has 0 aromatic heterocycles. The van der Waals surface area contributed by atoms with Gasteiger partial charge in [-0.15, -0.1) is 0 Å². The molecule has 2 aromatic rings. The number of aliphatic imine (C=N–C) groups is 1. The van der Waals surface area contributed by atoms with Crippen LogP contribution in [-0.2, 0) is 4.79 Å². The van der Waals surface area contributed by atoms with Crippen molar-refractivity contribution in [3.8, 4) is 17.2 Å². The fraction of sp³-hybridized carbons (Fsp3) is 0.200. The third-order valence-corrected chi connectivity index (χ3v) is 4.78. The van der Waals surface area contributed by atoms with Crippen LogP contribution in [-0.4, -0.2) is 32.4 Å². The number of amides is 1. The average molecular weight is 384 g/mol. The first-order chi connectivity index (χ1) is 13.0. The van der Waals surface area contributed by atoms with E-state index in [1.54, 1.807) is 39.5 Å². The summed E-state index contributed by atoms with van der Waals surface area (Å²) in [5.74, 6) is 1.37. The van der Waals surface area contributed by atoms with Crippen LogP contribution in [0.1, 0.15) is 11.1 Å². The van der Waals surface area contributed by atoms with Crippen LogP contribution in [0.4, 0.5) is 5.69 Å². The second-order valence-corrected chi connectivity index (χ2v) is 6.81. The molecule has 2 aromatic carbocycles. The quantitative estimate of drug-likeness (QED) is 0.792. The molecule has 0 radical (unpaired) electrons. The van der Waals surface area contributed by atoms with Gasteiger partial charge >= 0.3 is 0 Å². The highest BCUT2D eigenvalue weighted by Gasteiger charge is 2.24. The SMILES string of the molecule is COc1cc(/C=C2\SC(=Nc3cccc(C)c3)NC2=O)cc(OC)c1OC. The van der Waals surface area contributed by atoms with E-state index in [2.05, 4.69) is 10.3 Å². The van der Waals surface area contributed by atoms with E-state index in [1.165, 1.54) is 11.8 Å². The van der Waals surface area contributed by atoms with Crippen molar-refractivity contribution in [2.45, 2.75) is 6.92 Å². The Bertz CT molecular complexity index is 912. The molecule has 1 N–H and O–H groups in total. The van der Waals surface area contributed by atoms with Crippen molar-refractivity contribution in [2.24, 2.45) is 4.99 Å². The highest BCUT2D eigenvalue weighted by Crippen LogP contribution is 2.39. The zero-order valence-electron chi connectivity index (χ0n) is 15.5. The molecule has 1 saturated heterocycles. The third-order valence-electron chi connectivity index (χ3n) is 3.87. The van der Waals surface area contributed by atoms with Gasteiger partial charge in [-0.25, -0.2) is 4.99 Å². The largest absolute Gasteiger partial charge is 0.493 e. The number of amidine groups is 1. The number of hydrogen-bond acceptors (Lipinski definition) is 6. The molecule has 140 valence electrons. The monoisotopic (exact) mass is 384 g/mol. The first-order valence-corrected chi connectivity index (χ1v) is 9.02. The van der Waals surface area contributed by atoms with E-state index in [4.69, 9.17) is 14.2 Å². The van der Waals surface area contributed by atoms with Crippen LogP contribution >= 0.6 is 11.8 Å². The summed E-state index contributed by atoms with van der Waals surface area (Å²) >= 11 is 1.29. The summed E-state index contributed by atoms with van der Waals surface area (Å²) in [6, 6.07) is 11.4. The molecule has 0 bridgehead atoms. The molecule has 0 unspecified atom stereocenters. The first-order valence-electron chi connectivity index (χ1n) is 8.20. The lowest BCUT2D eigenvalue weighted by molar-refractivity contribution is -0.115. The normalized spacial score (nSPS) is 16.5. The fourth-order valence-corrected chi connectivity index (χ4v) is 3.47. The summed E-state index contributed by atoms with van der Waals surface area (Å²) in [5.41, 5.74) is 2.67. The smallest absolute Gasteiger partial charge is 0.264 e.